The van der Waals surface area contributed by atoms with Crippen molar-refractivity contribution >= 4 is 11.6 Å². The highest BCUT2D eigenvalue weighted by Gasteiger charge is 2.04. The first-order chi connectivity index (χ1) is 3.29. The third kappa shape index (κ3) is 1.08. The zero-order valence-electron chi connectivity index (χ0n) is 3.90. The third-order valence-corrected chi connectivity index (χ3v) is 0.853. The monoisotopic (exact) mass is 116 g/mol. The van der Waals surface area contributed by atoms with Gasteiger partial charge in [0.25, 0.3) is 0 Å². The molecule has 1 aliphatic rings. The van der Waals surface area contributed by atoms with Crippen LogP contribution in [0.4, 0.5) is 0 Å². The van der Waals surface area contributed by atoms with E-state index in [0.29, 0.717) is 5.16 Å². The predicted molar refractivity (Wildman–Crippen MR) is 28.1 cm³/mol. The summed E-state index contributed by atoms with van der Waals surface area (Å²) in [5.74, 6) is 0. The lowest BCUT2D eigenvalue weighted by molar-refractivity contribution is 0.374. The van der Waals surface area contributed by atoms with Gasteiger partial charge in [0.05, 0.1) is 0 Å². The van der Waals surface area contributed by atoms with Crippen LogP contribution in [0.5, 0.6) is 0 Å². The Labute approximate surface area is 47.7 Å². The number of rotatable bonds is 0. The summed E-state index contributed by atoms with van der Waals surface area (Å²) in [6, 6.07) is 0. The fourth-order valence-electron chi connectivity index (χ4n) is 0.378. The molecule has 0 atom stereocenters. The molecule has 1 heterocycles. The second-order valence-corrected chi connectivity index (χ2v) is 1.70. The van der Waals surface area contributed by atoms with Gasteiger partial charge in [0.15, 0.2) is 0 Å². The molecule has 2 radical (unpaired) electrons. The first-order valence-electron chi connectivity index (χ1n) is 1.91. The molecule has 0 aliphatic carbocycles. The predicted octanol–water partition coefficient (Wildman–Crippen LogP) is 0.555. The van der Waals surface area contributed by atoms with Crippen molar-refractivity contribution in [3.8, 4) is 0 Å². The quantitative estimate of drug-likeness (QED) is 0.465. The normalized spacial score (nSPS) is 21.7. The summed E-state index contributed by atoms with van der Waals surface area (Å²) < 4.78 is 0. The lowest BCUT2D eigenvalue weighted by Gasteiger charge is -2.05. The van der Waals surface area contributed by atoms with Crippen LogP contribution in [0.3, 0.4) is 0 Å². The molecule has 2 nitrogen and oxygen atoms in total. The fourth-order valence-corrected chi connectivity index (χ4v) is 0.554. The molecule has 0 unspecified atom stereocenters. The summed E-state index contributed by atoms with van der Waals surface area (Å²) in [5.41, 5.74) is 2.77. The van der Waals surface area contributed by atoms with Gasteiger partial charge in [0.2, 0.25) is 0 Å². The number of likely N-dealkylation sites (N-methyl/N-ethyl adjacent to an activating group) is 1. The van der Waals surface area contributed by atoms with E-state index in [0.717, 1.165) is 0 Å². The molecule has 0 saturated carbocycles. The van der Waals surface area contributed by atoms with Crippen LogP contribution in [-0.2, 0) is 0 Å². The fraction of sp³-hybridized carbons (Fsp3) is 0.250. The molecule has 0 bridgehead atoms. The van der Waals surface area contributed by atoms with Gasteiger partial charge < -0.3 is 5.43 Å². The minimum absolute atomic E-state index is 0.613. The van der Waals surface area contributed by atoms with E-state index in [1.165, 1.54) is 0 Å². The second kappa shape index (κ2) is 1.72. The summed E-state index contributed by atoms with van der Waals surface area (Å²) >= 11 is 5.45. The summed E-state index contributed by atoms with van der Waals surface area (Å²) in [6.07, 6.45) is 1.67. The van der Waals surface area contributed by atoms with Crippen molar-refractivity contribution in [3.05, 3.63) is 17.8 Å². The van der Waals surface area contributed by atoms with Crippen LogP contribution in [0.15, 0.2) is 11.2 Å². The van der Waals surface area contributed by atoms with Gasteiger partial charge in [0, 0.05) is 7.05 Å². The second-order valence-electron chi connectivity index (χ2n) is 1.29. The number of hydrogen-bond acceptors (Lipinski definition) is 2. The smallest absolute Gasteiger partial charge is 0.114 e. The average molecular weight is 117 g/mol. The topological polar surface area (TPSA) is 15.3 Å². The molecule has 3 heteroatoms. The number of halogens is 1. The molecule has 0 aromatic carbocycles. The zero-order chi connectivity index (χ0) is 5.28. The van der Waals surface area contributed by atoms with Gasteiger partial charge in [-0.25, -0.2) is 5.01 Å². The van der Waals surface area contributed by atoms with Crippen LogP contribution >= 0.6 is 11.6 Å². The van der Waals surface area contributed by atoms with E-state index in [9.17, 15) is 0 Å². The van der Waals surface area contributed by atoms with Gasteiger partial charge >= 0.3 is 0 Å². The molecule has 1 N–H and O–H groups in total. The minimum Gasteiger partial charge on any atom is -0.308 e. The van der Waals surface area contributed by atoms with E-state index >= 15 is 0 Å². The highest BCUT2D eigenvalue weighted by Crippen LogP contribution is 2.06. The van der Waals surface area contributed by atoms with Gasteiger partial charge in [-0.1, -0.05) is 11.6 Å². The molecule has 1 rings (SSSR count). The number of hydrazine groups is 1. The largest absolute Gasteiger partial charge is 0.308 e. The van der Waals surface area contributed by atoms with Crippen LogP contribution in [0.1, 0.15) is 0 Å². The maximum atomic E-state index is 5.45. The third-order valence-electron chi connectivity index (χ3n) is 0.659. The highest BCUT2D eigenvalue weighted by atomic mass is 35.5. The summed E-state index contributed by atoms with van der Waals surface area (Å²) in [5, 5.41) is 2.27. The van der Waals surface area contributed by atoms with Crippen LogP contribution < -0.4 is 5.43 Å². The maximum Gasteiger partial charge on any atom is 0.114 e. The van der Waals surface area contributed by atoms with Crippen molar-refractivity contribution in [1.82, 2.24) is 10.4 Å². The van der Waals surface area contributed by atoms with E-state index in [-0.39, 0.29) is 0 Å². The molecule has 7 heavy (non-hydrogen) atoms. The Balaban J connectivity index is 2.42. The Bertz CT molecular complexity index is 99.9. The lowest BCUT2D eigenvalue weighted by Crippen LogP contribution is -2.23. The van der Waals surface area contributed by atoms with Crippen molar-refractivity contribution < 1.29 is 0 Å². The van der Waals surface area contributed by atoms with Crippen molar-refractivity contribution in [2.45, 2.75) is 0 Å². The number of nitrogens with one attached hydrogen (secondary N) is 1. The molecular weight excluding hydrogens is 112 g/mol. The Morgan fingerprint density at radius 2 is 2.71 bits per heavy atom. The molecule has 0 spiro atoms. The molecule has 0 amide bonds. The lowest BCUT2D eigenvalue weighted by atomic mass is 10.6. The van der Waals surface area contributed by atoms with E-state index in [1.54, 1.807) is 11.1 Å². The molecular formula is C4H5ClN2. The summed E-state index contributed by atoms with van der Waals surface area (Å²) in [7, 11) is 1.83. The van der Waals surface area contributed by atoms with Gasteiger partial charge in [-0.15, -0.1) is 0 Å². The SMILES string of the molecule is CN1[C]C=C(Cl)N1. The molecule has 1 aliphatic heterocycles. The average Bonchev–Trinajstić information content (AvgIpc) is 1.87. The van der Waals surface area contributed by atoms with Crippen LogP contribution in [0, 0.1) is 6.54 Å². The van der Waals surface area contributed by atoms with Crippen molar-refractivity contribution in [3.63, 3.8) is 0 Å². The van der Waals surface area contributed by atoms with Crippen molar-refractivity contribution in [2.75, 3.05) is 7.05 Å². The Morgan fingerprint density at radius 3 is 2.86 bits per heavy atom. The molecule has 0 aromatic heterocycles. The molecule has 38 valence electrons. The van der Waals surface area contributed by atoms with Crippen molar-refractivity contribution in [2.24, 2.45) is 0 Å². The minimum atomic E-state index is 0.613. The van der Waals surface area contributed by atoms with Gasteiger partial charge in [-0.2, -0.15) is 0 Å². The van der Waals surface area contributed by atoms with E-state index < -0.39 is 0 Å². The van der Waals surface area contributed by atoms with Crippen LogP contribution in [-0.4, -0.2) is 12.1 Å². The van der Waals surface area contributed by atoms with Crippen molar-refractivity contribution in [1.29, 1.82) is 0 Å². The van der Waals surface area contributed by atoms with Gasteiger partial charge in [-0.3, -0.25) is 0 Å². The van der Waals surface area contributed by atoms with Crippen LogP contribution in [0.25, 0.3) is 0 Å². The van der Waals surface area contributed by atoms with E-state index in [1.807, 2.05) is 7.05 Å². The molecule has 0 fully saturated rings. The maximum absolute atomic E-state index is 5.45. The first kappa shape index (κ1) is 4.94. The summed E-state index contributed by atoms with van der Waals surface area (Å²) in [6.45, 7) is 2.80. The van der Waals surface area contributed by atoms with Gasteiger partial charge in [0.1, 0.15) is 11.7 Å². The van der Waals surface area contributed by atoms with E-state index in [4.69, 9.17) is 11.6 Å². The number of nitrogens with zero attached hydrogens (tertiary/aromatic N) is 1. The molecule has 0 aromatic rings. The number of hydrogen-bond donors (Lipinski definition) is 1. The molecule has 0 saturated heterocycles. The summed E-state index contributed by atoms with van der Waals surface area (Å²) in [4.78, 5) is 0. The Hall–Kier alpha value is -0.210. The van der Waals surface area contributed by atoms with E-state index in [2.05, 4.69) is 12.0 Å². The Kier molecular flexibility index (Phi) is 1.21. The highest BCUT2D eigenvalue weighted by molar-refractivity contribution is 6.29. The zero-order valence-corrected chi connectivity index (χ0v) is 4.66. The standard InChI is InChI=1S/C4H5ClN2/c1-7-3-2-4(5)6-7/h2,6H,1H3. The van der Waals surface area contributed by atoms with Gasteiger partial charge in [-0.05, 0) is 6.08 Å². The first-order valence-corrected chi connectivity index (χ1v) is 2.29. The van der Waals surface area contributed by atoms with Crippen LogP contribution in [0.2, 0.25) is 0 Å². The Morgan fingerprint density at radius 1 is 2.00 bits per heavy atom.